The molecule has 3 heterocycles. The molecular weight excluding hydrogens is 301 g/mol. The highest BCUT2D eigenvalue weighted by molar-refractivity contribution is 7.16. The van der Waals surface area contributed by atoms with Crippen molar-refractivity contribution < 1.29 is 4.39 Å². The molecule has 0 amide bonds. The first kappa shape index (κ1) is 13.0. The highest BCUT2D eigenvalue weighted by Gasteiger charge is 2.14. The Labute approximate surface area is 129 Å². The number of nitrogens with zero attached hydrogens (tertiary/aromatic N) is 5. The molecule has 22 heavy (non-hydrogen) atoms. The van der Waals surface area contributed by atoms with Crippen molar-refractivity contribution in [1.82, 2.24) is 24.8 Å². The van der Waals surface area contributed by atoms with Gasteiger partial charge in [0.05, 0.1) is 0 Å². The summed E-state index contributed by atoms with van der Waals surface area (Å²) in [4.78, 5) is 4.99. The second kappa shape index (κ2) is 5.27. The maximum atomic E-state index is 12.9. The molecule has 0 unspecified atom stereocenters. The molecule has 0 bridgehead atoms. The third-order valence-corrected chi connectivity index (χ3v) is 4.09. The second-order valence-electron chi connectivity index (χ2n) is 4.73. The van der Waals surface area contributed by atoms with Crippen LogP contribution in [0.2, 0.25) is 0 Å². The minimum absolute atomic E-state index is 0.237. The summed E-state index contributed by atoms with van der Waals surface area (Å²) in [6.45, 7) is 0. The van der Waals surface area contributed by atoms with Crippen molar-refractivity contribution in [1.29, 1.82) is 0 Å². The maximum Gasteiger partial charge on any atom is 0.235 e. The molecule has 0 radical (unpaired) electrons. The lowest BCUT2D eigenvalue weighted by Crippen LogP contribution is -1.95. The van der Waals surface area contributed by atoms with Gasteiger partial charge in [0.15, 0.2) is 0 Å². The van der Waals surface area contributed by atoms with Gasteiger partial charge in [-0.05, 0) is 29.8 Å². The fourth-order valence-corrected chi connectivity index (χ4v) is 3.03. The number of hydrogen-bond acceptors (Lipinski definition) is 5. The molecule has 3 aromatic heterocycles. The SMILES string of the molecule is Fc1ccc(Cc2nn3c(-c4ccccn4)nnc3s2)cc1. The Kier molecular flexibility index (Phi) is 3.12. The Morgan fingerprint density at radius 1 is 1.05 bits per heavy atom. The average Bonchev–Trinajstić information content (AvgIpc) is 3.10. The minimum atomic E-state index is -0.237. The van der Waals surface area contributed by atoms with Gasteiger partial charge >= 0.3 is 0 Å². The van der Waals surface area contributed by atoms with E-state index in [1.807, 2.05) is 18.2 Å². The van der Waals surface area contributed by atoms with Crippen LogP contribution in [-0.2, 0) is 6.42 Å². The number of hydrogen-bond donors (Lipinski definition) is 0. The maximum absolute atomic E-state index is 12.9. The van der Waals surface area contributed by atoms with Gasteiger partial charge < -0.3 is 0 Å². The zero-order valence-corrected chi connectivity index (χ0v) is 12.2. The summed E-state index contributed by atoms with van der Waals surface area (Å²) < 4.78 is 14.6. The molecule has 4 rings (SSSR count). The van der Waals surface area contributed by atoms with Gasteiger partial charge in [-0.3, -0.25) is 4.98 Å². The lowest BCUT2D eigenvalue weighted by molar-refractivity contribution is 0.627. The van der Waals surface area contributed by atoms with Crippen LogP contribution in [-0.4, -0.2) is 24.8 Å². The number of benzene rings is 1. The molecule has 5 nitrogen and oxygen atoms in total. The Hall–Kier alpha value is -2.67. The summed E-state index contributed by atoms with van der Waals surface area (Å²) in [6, 6.07) is 12.0. The molecular formula is C15H10FN5S. The third kappa shape index (κ3) is 2.35. The van der Waals surface area contributed by atoms with E-state index in [0.717, 1.165) is 21.2 Å². The first-order chi connectivity index (χ1) is 10.8. The molecule has 0 N–H and O–H groups in total. The molecule has 7 heteroatoms. The van der Waals surface area contributed by atoms with Crippen LogP contribution >= 0.6 is 11.3 Å². The number of fused-ring (bicyclic) bond motifs is 1. The highest BCUT2D eigenvalue weighted by Crippen LogP contribution is 2.21. The third-order valence-electron chi connectivity index (χ3n) is 3.20. The van der Waals surface area contributed by atoms with E-state index >= 15 is 0 Å². The van der Waals surface area contributed by atoms with Crippen molar-refractivity contribution in [3.63, 3.8) is 0 Å². The number of halogens is 1. The normalized spacial score (nSPS) is 11.1. The monoisotopic (exact) mass is 311 g/mol. The number of pyridine rings is 1. The van der Waals surface area contributed by atoms with Gasteiger partial charge in [0.25, 0.3) is 0 Å². The molecule has 1 aromatic carbocycles. The zero-order chi connectivity index (χ0) is 14.9. The molecule has 0 aliphatic heterocycles. The molecule has 0 spiro atoms. The zero-order valence-electron chi connectivity index (χ0n) is 11.3. The van der Waals surface area contributed by atoms with E-state index in [9.17, 15) is 4.39 Å². The van der Waals surface area contributed by atoms with E-state index in [-0.39, 0.29) is 5.82 Å². The molecule has 4 aromatic rings. The lowest BCUT2D eigenvalue weighted by atomic mass is 10.2. The summed E-state index contributed by atoms with van der Waals surface area (Å²) in [5.41, 5.74) is 1.74. The first-order valence-corrected chi connectivity index (χ1v) is 7.48. The van der Waals surface area contributed by atoms with Gasteiger partial charge in [0.2, 0.25) is 10.8 Å². The molecule has 0 fully saturated rings. The van der Waals surface area contributed by atoms with Crippen molar-refractivity contribution in [2.45, 2.75) is 6.42 Å². The van der Waals surface area contributed by atoms with Crippen LogP contribution in [0, 0.1) is 5.82 Å². The summed E-state index contributed by atoms with van der Waals surface area (Å²) in [6.07, 6.45) is 2.35. The Morgan fingerprint density at radius 2 is 1.91 bits per heavy atom. The largest absolute Gasteiger partial charge is 0.253 e. The average molecular weight is 311 g/mol. The van der Waals surface area contributed by atoms with Crippen LogP contribution in [0.25, 0.3) is 16.5 Å². The predicted octanol–water partition coefficient (Wildman–Crippen LogP) is 2.98. The smallest absolute Gasteiger partial charge is 0.235 e. The van der Waals surface area contributed by atoms with Crippen LogP contribution in [0.1, 0.15) is 10.6 Å². The Morgan fingerprint density at radius 3 is 2.68 bits per heavy atom. The fourth-order valence-electron chi connectivity index (χ4n) is 2.16. The van der Waals surface area contributed by atoms with E-state index in [2.05, 4.69) is 20.3 Å². The lowest BCUT2D eigenvalue weighted by Gasteiger charge is -1.97. The van der Waals surface area contributed by atoms with Gasteiger partial charge in [0.1, 0.15) is 16.5 Å². The number of aromatic nitrogens is 5. The quantitative estimate of drug-likeness (QED) is 0.583. The van der Waals surface area contributed by atoms with Gasteiger partial charge in [-0.15, -0.1) is 10.2 Å². The van der Waals surface area contributed by atoms with Crippen LogP contribution in [0.3, 0.4) is 0 Å². The topological polar surface area (TPSA) is 56.0 Å². The van der Waals surface area contributed by atoms with Crippen molar-refractivity contribution in [2.24, 2.45) is 0 Å². The molecule has 0 aliphatic carbocycles. The van der Waals surface area contributed by atoms with Crippen molar-refractivity contribution in [2.75, 3.05) is 0 Å². The van der Waals surface area contributed by atoms with E-state index in [4.69, 9.17) is 0 Å². The molecule has 0 atom stereocenters. The van der Waals surface area contributed by atoms with Crippen LogP contribution in [0.15, 0.2) is 48.7 Å². The Bertz CT molecular complexity index is 914. The predicted molar refractivity (Wildman–Crippen MR) is 81.1 cm³/mol. The van der Waals surface area contributed by atoms with Crippen molar-refractivity contribution >= 4 is 16.3 Å². The standard InChI is InChI=1S/C15H10FN5S/c16-11-6-4-10(5-7-11)9-13-20-21-14(18-19-15(21)22-13)12-3-1-2-8-17-12/h1-8H,9H2. The van der Waals surface area contributed by atoms with Gasteiger partial charge in [-0.2, -0.15) is 9.61 Å². The number of rotatable bonds is 3. The summed E-state index contributed by atoms with van der Waals surface area (Å²) in [5, 5.41) is 13.7. The Balaban J connectivity index is 1.70. The summed E-state index contributed by atoms with van der Waals surface area (Å²) >= 11 is 1.47. The molecule has 108 valence electrons. The second-order valence-corrected chi connectivity index (χ2v) is 5.77. The highest BCUT2D eigenvalue weighted by atomic mass is 32.1. The fraction of sp³-hybridized carbons (Fsp3) is 0.0667. The van der Waals surface area contributed by atoms with E-state index in [0.29, 0.717) is 12.2 Å². The van der Waals surface area contributed by atoms with Crippen LogP contribution in [0.4, 0.5) is 4.39 Å². The minimum Gasteiger partial charge on any atom is -0.253 e. The first-order valence-electron chi connectivity index (χ1n) is 6.66. The van der Waals surface area contributed by atoms with Gasteiger partial charge in [0, 0.05) is 12.6 Å². The van der Waals surface area contributed by atoms with Crippen molar-refractivity contribution in [3.05, 3.63) is 65.0 Å². The van der Waals surface area contributed by atoms with E-state index in [1.54, 1.807) is 22.8 Å². The summed E-state index contributed by atoms with van der Waals surface area (Å²) in [5.74, 6) is 0.386. The van der Waals surface area contributed by atoms with Crippen LogP contribution < -0.4 is 0 Å². The molecule has 0 aliphatic rings. The van der Waals surface area contributed by atoms with Crippen LogP contribution in [0.5, 0.6) is 0 Å². The summed E-state index contributed by atoms with van der Waals surface area (Å²) in [7, 11) is 0. The van der Waals surface area contributed by atoms with Gasteiger partial charge in [-0.25, -0.2) is 4.39 Å². The van der Waals surface area contributed by atoms with E-state index in [1.165, 1.54) is 23.5 Å². The molecule has 0 saturated carbocycles. The van der Waals surface area contributed by atoms with Gasteiger partial charge in [-0.1, -0.05) is 29.5 Å². The van der Waals surface area contributed by atoms with E-state index < -0.39 is 0 Å². The molecule has 0 saturated heterocycles. The van der Waals surface area contributed by atoms with Crippen molar-refractivity contribution in [3.8, 4) is 11.5 Å².